The highest BCUT2D eigenvalue weighted by Gasteiger charge is 2.09. The normalized spacial score (nSPS) is 10.7. The SMILES string of the molecule is CCn1nc(C)cc1COc1c(C)cc(Br)cc1N. The fraction of sp³-hybridized carbons (Fsp3) is 0.357. The molecule has 0 unspecified atom stereocenters. The molecule has 2 N–H and O–H groups in total. The van der Waals surface area contributed by atoms with E-state index in [4.69, 9.17) is 10.5 Å². The number of rotatable bonds is 4. The van der Waals surface area contributed by atoms with Crippen LogP contribution in [0.2, 0.25) is 0 Å². The van der Waals surface area contributed by atoms with Gasteiger partial charge in [0.1, 0.15) is 12.4 Å². The Morgan fingerprint density at radius 3 is 2.68 bits per heavy atom. The van der Waals surface area contributed by atoms with Crippen molar-refractivity contribution in [3.8, 4) is 5.75 Å². The molecule has 0 bridgehead atoms. The summed E-state index contributed by atoms with van der Waals surface area (Å²) in [7, 11) is 0. The summed E-state index contributed by atoms with van der Waals surface area (Å²) < 4.78 is 8.76. The summed E-state index contributed by atoms with van der Waals surface area (Å²) in [6.45, 7) is 7.34. The zero-order valence-corrected chi connectivity index (χ0v) is 13.0. The highest BCUT2D eigenvalue weighted by Crippen LogP contribution is 2.30. The molecule has 0 aliphatic rings. The molecule has 2 aromatic rings. The van der Waals surface area contributed by atoms with Crippen LogP contribution in [-0.2, 0) is 13.2 Å². The van der Waals surface area contributed by atoms with Gasteiger partial charge in [-0.25, -0.2) is 0 Å². The van der Waals surface area contributed by atoms with E-state index in [-0.39, 0.29) is 0 Å². The van der Waals surface area contributed by atoms with Crippen LogP contribution >= 0.6 is 15.9 Å². The van der Waals surface area contributed by atoms with E-state index in [9.17, 15) is 0 Å². The smallest absolute Gasteiger partial charge is 0.145 e. The van der Waals surface area contributed by atoms with Gasteiger partial charge in [0.2, 0.25) is 0 Å². The van der Waals surface area contributed by atoms with Gasteiger partial charge in [-0.3, -0.25) is 4.68 Å². The number of aromatic nitrogens is 2. The summed E-state index contributed by atoms with van der Waals surface area (Å²) >= 11 is 3.42. The molecule has 0 aliphatic heterocycles. The van der Waals surface area contributed by atoms with Crippen LogP contribution in [0.15, 0.2) is 22.7 Å². The van der Waals surface area contributed by atoms with E-state index in [0.29, 0.717) is 12.3 Å². The number of hydrogen-bond acceptors (Lipinski definition) is 3. The van der Waals surface area contributed by atoms with E-state index in [2.05, 4.69) is 28.0 Å². The molecule has 19 heavy (non-hydrogen) atoms. The van der Waals surface area contributed by atoms with E-state index < -0.39 is 0 Å². The zero-order valence-electron chi connectivity index (χ0n) is 11.4. The molecule has 102 valence electrons. The number of ether oxygens (including phenoxy) is 1. The molecule has 5 heteroatoms. The molecular formula is C14H18BrN3O. The van der Waals surface area contributed by atoms with Crippen LogP contribution in [0.5, 0.6) is 5.75 Å². The van der Waals surface area contributed by atoms with Crippen LogP contribution < -0.4 is 10.5 Å². The molecular weight excluding hydrogens is 306 g/mol. The Morgan fingerprint density at radius 2 is 2.05 bits per heavy atom. The molecule has 0 spiro atoms. The average molecular weight is 324 g/mol. The lowest BCUT2D eigenvalue weighted by atomic mass is 10.2. The Kier molecular flexibility index (Phi) is 4.14. The van der Waals surface area contributed by atoms with Crippen LogP contribution in [0.3, 0.4) is 0 Å². The Balaban J connectivity index is 2.19. The van der Waals surface area contributed by atoms with E-state index in [0.717, 1.165) is 33.7 Å². The van der Waals surface area contributed by atoms with E-state index >= 15 is 0 Å². The van der Waals surface area contributed by atoms with E-state index in [1.54, 1.807) is 0 Å². The monoisotopic (exact) mass is 323 g/mol. The van der Waals surface area contributed by atoms with Gasteiger partial charge in [-0.05, 0) is 44.5 Å². The lowest BCUT2D eigenvalue weighted by Crippen LogP contribution is -2.07. The minimum Gasteiger partial charge on any atom is -0.485 e. The lowest BCUT2D eigenvalue weighted by molar-refractivity contribution is 0.292. The van der Waals surface area contributed by atoms with Gasteiger partial charge in [-0.1, -0.05) is 15.9 Å². The number of halogens is 1. The molecule has 4 nitrogen and oxygen atoms in total. The summed E-state index contributed by atoms with van der Waals surface area (Å²) in [6.07, 6.45) is 0. The number of aryl methyl sites for hydroxylation is 3. The Labute approximate surface area is 121 Å². The third kappa shape index (κ3) is 3.10. The number of nitrogens with zero attached hydrogens (tertiary/aromatic N) is 2. The van der Waals surface area contributed by atoms with Gasteiger partial charge < -0.3 is 10.5 Å². The maximum atomic E-state index is 5.98. The van der Waals surface area contributed by atoms with Crippen molar-refractivity contribution >= 4 is 21.6 Å². The van der Waals surface area contributed by atoms with Gasteiger partial charge in [0.15, 0.2) is 0 Å². The van der Waals surface area contributed by atoms with Crippen molar-refractivity contribution in [2.45, 2.75) is 33.9 Å². The molecule has 1 aromatic heterocycles. The molecule has 0 saturated heterocycles. The number of hydrogen-bond donors (Lipinski definition) is 1. The van der Waals surface area contributed by atoms with Crippen molar-refractivity contribution < 1.29 is 4.74 Å². The van der Waals surface area contributed by atoms with Gasteiger partial charge >= 0.3 is 0 Å². The molecule has 0 radical (unpaired) electrons. The summed E-state index contributed by atoms with van der Waals surface area (Å²) in [5, 5.41) is 4.40. The number of nitrogen functional groups attached to an aromatic ring is 1. The third-order valence-corrected chi connectivity index (χ3v) is 3.38. The standard InChI is InChI=1S/C14H18BrN3O/c1-4-18-12(6-10(3)17-18)8-19-14-9(2)5-11(15)7-13(14)16/h5-7H,4,8,16H2,1-3H3. The minimum atomic E-state index is 0.474. The fourth-order valence-electron chi connectivity index (χ4n) is 2.09. The first-order valence-electron chi connectivity index (χ1n) is 6.23. The predicted molar refractivity (Wildman–Crippen MR) is 80.3 cm³/mol. The van der Waals surface area contributed by atoms with Gasteiger partial charge in [-0.2, -0.15) is 5.10 Å². The molecule has 0 aliphatic carbocycles. The number of benzene rings is 1. The molecule has 1 heterocycles. The summed E-state index contributed by atoms with van der Waals surface area (Å²) in [4.78, 5) is 0. The van der Waals surface area contributed by atoms with E-state index in [1.165, 1.54) is 0 Å². The van der Waals surface area contributed by atoms with Gasteiger partial charge in [0.05, 0.1) is 17.1 Å². The first kappa shape index (κ1) is 13.9. The van der Waals surface area contributed by atoms with Gasteiger partial charge in [-0.15, -0.1) is 0 Å². The number of nitrogens with two attached hydrogens (primary N) is 1. The highest BCUT2D eigenvalue weighted by molar-refractivity contribution is 9.10. The molecule has 1 aromatic carbocycles. The van der Waals surface area contributed by atoms with Gasteiger partial charge in [0.25, 0.3) is 0 Å². The second-order valence-electron chi connectivity index (χ2n) is 4.52. The summed E-state index contributed by atoms with van der Waals surface area (Å²) in [5.74, 6) is 0.740. The number of anilines is 1. The molecule has 2 rings (SSSR count). The van der Waals surface area contributed by atoms with Crippen molar-refractivity contribution in [3.05, 3.63) is 39.6 Å². The molecule has 0 amide bonds. The van der Waals surface area contributed by atoms with Crippen LogP contribution in [0.1, 0.15) is 23.9 Å². The summed E-state index contributed by atoms with van der Waals surface area (Å²) in [6, 6.07) is 5.88. The molecule has 0 fully saturated rings. The summed E-state index contributed by atoms with van der Waals surface area (Å²) in [5.41, 5.74) is 9.71. The highest BCUT2D eigenvalue weighted by atomic mass is 79.9. The van der Waals surface area contributed by atoms with Crippen molar-refractivity contribution in [1.29, 1.82) is 0 Å². The van der Waals surface area contributed by atoms with Crippen LogP contribution in [0.4, 0.5) is 5.69 Å². The maximum Gasteiger partial charge on any atom is 0.145 e. The van der Waals surface area contributed by atoms with Crippen molar-refractivity contribution in [2.24, 2.45) is 0 Å². The molecule has 0 saturated carbocycles. The maximum absolute atomic E-state index is 5.98. The van der Waals surface area contributed by atoms with E-state index in [1.807, 2.05) is 36.7 Å². The Morgan fingerprint density at radius 1 is 1.32 bits per heavy atom. The molecule has 0 atom stereocenters. The first-order valence-corrected chi connectivity index (χ1v) is 7.02. The first-order chi connectivity index (χ1) is 9.01. The fourth-order valence-corrected chi connectivity index (χ4v) is 2.68. The van der Waals surface area contributed by atoms with Crippen LogP contribution in [0, 0.1) is 13.8 Å². The Bertz CT molecular complexity index is 569. The quantitative estimate of drug-likeness (QED) is 0.877. The topological polar surface area (TPSA) is 53.1 Å². The zero-order chi connectivity index (χ0) is 14.0. The Hall–Kier alpha value is -1.49. The predicted octanol–water partition coefficient (Wildman–Crippen LogP) is 3.44. The van der Waals surface area contributed by atoms with Crippen molar-refractivity contribution in [3.63, 3.8) is 0 Å². The second kappa shape index (κ2) is 5.65. The van der Waals surface area contributed by atoms with Crippen molar-refractivity contribution in [1.82, 2.24) is 9.78 Å². The third-order valence-electron chi connectivity index (χ3n) is 2.92. The lowest BCUT2D eigenvalue weighted by Gasteiger charge is -2.13. The van der Waals surface area contributed by atoms with Crippen molar-refractivity contribution in [2.75, 3.05) is 5.73 Å². The van der Waals surface area contributed by atoms with Crippen LogP contribution in [-0.4, -0.2) is 9.78 Å². The minimum absolute atomic E-state index is 0.474. The largest absolute Gasteiger partial charge is 0.485 e. The van der Waals surface area contributed by atoms with Crippen LogP contribution in [0.25, 0.3) is 0 Å². The van der Waals surface area contributed by atoms with Gasteiger partial charge in [0, 0.05) is 11.0 Å². The average Bonchev–Trinajstić information content (AvgIpc) is 2.68. The second-order valence-corrected chi connectivity index (χ2v) is 5.44.